The second-order valence-electron chi connectivity index (χ2n) is 7.00. The number of thiazole rings is 1. The highest BCUT2D eigenvalue weighted by Gasteiger charge is 2.16. The first-order valence-electron chi connectivity index (χ1n) is 10.0. The Kier molecular flexibility index (Phi) is 6.99. The summed E-state index contributed by atoms with van der Waals surface area (Å²) in [5.41, 5.74) is 2.51. The minimum Gasteiger partial charge on any atom is -0.322 e. The van der Waals surface area contributed by atoms with Crippen LogP contribution in [0.1, 0.15) is 12.5 Å². The molecule has 2 amide bonds. The van der Waals surface area contributed by atoms with E-state index in [2.05, 4.69) is 15.6 Å². The summed E-state index contributed by atoms with van der Waals surface area (Å²) in [6.45, 7) is 1.85. The van der Waals surface area contributed by atoms with Crippen molar-refractivity contribution in [1.29, 1.82) is 0 Å². The van der Waals surface area contributed by atoms with E-state index >= 15 is 0 Å². The highest BCUT2D eigenvalue weighted by molar-refractivity contribution is 8.00. The van der Waals surface area contributed by atoms with Gasteiger partial charge < -0.3 is 10.6 Å². The van der Waals surface area contributed by atoms with Gasteiger partial charge in [-0.15, -0.1) is 11.8 Å². The van der Waals surface area contributed by atoms with Gasteiger partial charge in [0.1, 0.15) is 0 Å². The molecule has 1 unspecified atom stereocenters. The van der Waals surface area contributed by atoms with E-state index in [1.54, 1.807) is 6.08 Å². The molecule has 2 N–H and O–H groups in total. The molecule has 1 heterocycles. The molecule has 5 nitrogen and oxygen atoms in total. The summed E-state index contributed by atoms with van der Waals surface area (Å²) in [6.07, 6.45) is 3.27. The zero-order valence-electron chi connectivity index (χ0n) is 17.3. The van der Waals surface area contributed by atoms with Gasteiger partial charge in [0.25, 0.3) is 0 Å². The Balaban J connectivity index is 1.34. The van der Waals surface area contributed by atoms with Crippen LogP contribution in [0, 0.1) is 0 Å². The Morgan fingerprint density at radius 3 is 2.56 bits per heavy atom. The number of benzene rings is 3. The maximum atomic E-state index is 12.6. The topological polar surface area (TPSA) is 71.1 Å². The zero-order chi connectivity index (χ0) is 22.3. The average molecular weight is 460 g/mol. The lowest BCUT2D eigenvalue weighted by Gasteiger charge is -2.11. The van der Waals surface area contributed by atoms with Gasteiger partial charge in [0.05, 0.1) is 15.5 Å². The molecule has 32 heavy (non-hydrogen) atoms. The molecule has 4 aromatic rings. The molecule has 0 aliphatic rings. The molecule has 0 fully saturated rings. The summed E-state index contributed by atoms with van der Waals surface area (Å²) in [6, 6.07) is 24.9. The number of nitrogens with zero attached hydrogens (tertiary/aromatic N) is 1. The third kappa shape index (κ3) is 5.84. The summed E-state index contributed by atoms with van der Waals surface area (Å²) in [5, 5.41) is 6.03. The largest absolute Gasteiger partial charge is 0.322 e. The third-order valence-electron chi connectivity index (χ3n) is 4.53. The van der Waals surface area contributed by atoms with Crippen LogP contribution < -0.4 is 10.6 Å². The fraction of sp³-hybridized carbons (Fsp3) is 0.0800. The molecule has 160 valence electrons. The molecule has 1 atom stereocenters. The Morgan fingerprint density at radius 1 is 0.969 bits per heavy atom. The Morgan fingerprint density at radius 2 is 1.75 bits per heavy atom. The van der Waals surface area contributed by atoms with Crippen molar-refractivity contribution < 1.29 is 9.59 Å². The van der Waals surface area contributed by atoms with E-state index in [0.29, 0.717) is 10.8 Å². The van der Waals surface area contributed by atoms with Gasteiger partial charge in [-0.1, -0.05) is 59.9 Å². The summed E-state index contributed by atoms with van der Waals surface area (Å²) in [5.74, 6) is -0.327. The van der Waals surface area contributed by atoms with Crippen molar-refractivity contribution in [3.63, 3.8) is 0 Å². The van der Waals surface area contributed by atoms with E-state index in [1.165, 1.54) is 29.2 Å². The van der Waals surface area contributed by atoms with Gasteiger partial charge >= 0.3 is 0 Å². The minimum absolute atomic E-state index is 0.116. The van der Waals surface area contributed by atoms with E-state index in [4.69, 9.17) is 0 Å². The predicted octanol–water partition coefficient (Wildman–Crippen LogP) is 6.07. The molecule has 0 saturated carbocycles. The fourth-order valence-electron chi connectivity index (χ4n) is 2.96. The number of carbonyl (C=O) groups excluding carboxylic acids is 2. The molecule has 7 heteroatoms. The quantitative estimate of drug-likeness (QED) is 0.260. The van der Waals surface area contributed by atoms with Crippen molar-refractivity contribution in [2.24, 2.45) is 0 Å². The summed E-state index contributed by atoms with van der Waals surface area (Å²) in [4.78, 5) is 30.2. The molecular weight excluding hydrogens is 438 g/mol. The number of fused-ring (bicyclic) bond motifs is 1. The SMILES string of the molecule is CC(Sc1cccc(NC(=O)/C=C/c2ccccc2)c1)C(=O)Nc1nc2ccccc2s1. The van der Waals surface area contributed by atoms with Gasteiger partial charge in [-0.3, -0.25) is 9.59 Å². The van der Waals surface area contributed by atoms with Crippen LogP contribution >= 0.6 is 23.1 Å². The molecule has 0 aliphatic heterocycles. The standard InChI is InChI=1S/C25H21N3O2S2/c1-17(24(30)28-25-27-21-12-5-6-13-22(21)32-25)31-20-11-7-10-19(16-20)26-23(29)15-14-18-8-3-2-4-9-18/h2-17H,1H3,(H,26,29)(H,27,28,30)/b15-14+. The van der Waals surface area contributed by atoms with Gasteiger partial charge in [-0.25, -0.2) is 4.98 Å². The number of anilines is 2. The van der Waals surface area contributed by atoms with E-state index in [-0.39, 0.29) is 17.1 Å². The van der Waals surface area contributed by atoms with Crippen LogP contribution in [-0.2, 0) is 9.59 Å². The smallest absolute Gasteiger partial charge is 0.248 e. The van der Waals surface area contributed by atoms with Gasteiger partial charge in [0, 0.05) is 16.7 Å². The number of para-hydroxylation sites is 1. The number of rotatable bonds is 7. The number of nitrogens with one attached hydrogen (secondary N) is 2. The average Bonchev–Trinajstić information content (AvgIpc) is 3.21. The molecule has 0 saturated heterocycles. The summed E-state index contributed by atoms with van der Waals surface area (Å²) in [7, 11) is 0. The number of aromatic nitrogens is 1. The van der Waals surface area contributed by atoms with Crippen molar-refractivity contribution >= 4 is 62.0 Å². The molecule has 0 bridgehead atoms. The molecule has 0 aliphatic carbocycles. The number of hydrogen-bond donors (Lipinski definition) is 2. The summed E-state index contributed by atoms with van der Waals surface area (Å²) >= 11 is 2.88. The van der Waals surface area contributed by atoms with E-state index in [1.807, 2.05) is 85.8 Å². The predicted molar refractivity (Wildman–Crippen MR) is 134 cm³/mol. The molecule has 0 spiro atoms. The van der Waals surface area contributed by atoms with Gasteiger partial charge in [-0.2, -0.15) is 0 Å². The molecule has 4 rings (SSSR count). The maximum Gasteiger partial charge on any atom is 0.248 e. The van der Waals surface area contributed by atoms with Crippen molar-refractivity contribution in [1.82, 2.24) is 4.98 Å². The lowest BCUT2D eigenvalue weighted by Crippen LogP contribution is -2.22. The normalized spacial score (nSPS) is 12.0. The van der Waals surface area contributed by atoms with Crippen LogP contribution in [0.25, 0.3) is 16.3 Å². The van der Waals surface area contributed by atoms with Gasteiger partial charge in [0.15, 0.2) is 5.13 Å². The van der Waals surface area contributed by atoms with E-state index < -0.39 is 0 Å². The molecule has 1 aromatic heterocycles. The lowest BCUT2D eigenvalue weighted by atomic mass is 10.2. The van der Waals surface area contributed by atoms with Crippen molar-refractivity contribution in [2.75, 3.05) is 10.6 Å². The van der Waals surface area contributed by atoms with Gasteiger partial charge in [-0.05, 0) is 48.9 Å². The number of thioether (sulfide) groups is 1. The fourth-order valence-corrected chi connectivity index (χ4v) is 4.75. The van der Waals surface area contributed by atoms with Gasteiger partial charge in [0.2, 0.25) is 11.8 Å². The molecule has 0 radical (unpaired) electrons. The maximum absolute atomic E-state index is 12.6. The monoisotopic (exact) mass is 459 g/mol. The van der Waals surface area contributed by atoms with E-state index in [0.717, 1.165) is 20.7 Å². The summed E-state index contributed by atoms with van der Waals surface area (Å²) < 4.78 is 1.04. The minimum atomic E-state index is -0.328. The Hall–Kier alpha value is -3.42. The molecular formula is C25H21N3O2S2. The lowest BCUT2D eigenvalue weighted by molar-refractivity contribution is -0.115. The zero-order valence-corrected chi connectivity index (χ0v) is 19.0. The van der Waals surface area contributed by atoms with Crippen LogP contribution in [0.5, 0.6) is 0 Å². The third-order valence-corrected chi connectivity index (χ3v) is 6.58. The van der Waals surface area contributed by atoms with Crippen LogP contribution in [0.15, 0.2) is 89.8 Å². The van der Waals surface area contributed by atoms with Crippen molar-refractivity contribution in [3.05, 3.63) is 90.5 Å². The van der Waals surface area contributed by atoms with Crippen molar-refractivity contribution in [2.45, 2.75) is 17.1 Å². The Bertz CT molecular complexity index is 1240. The first kappa shape index (κ1) is 21.8. The van der Waals surface area contributed by atoms with Crippen LogP contribution in [-0.4, -0.2) is 22.0 Å². The first-order chi connectivity index (χ1) is 15.6. The van der Waals surface area contributed by atoms with Crippen LogP contribution in [0.3, 0.4) is 0 Å². The van der Waals surface area contributed by atoms with Crippen LogP contribution in [0.2, 0.25) is 0 Å². The number of hydrogen-bond acceptors (Lipinski definition) is 5. The Labute approximate surface area is 194 Å². The number of amides is 2. The first-order valence-corrected chi connectivity index (χ1v) is 11.7. The van der Waals surface area contributed by atoms with E-state index in [9.17, 15) is 9.59 Å². The van der Waals surface area contributed by atoms with Crippen molar-refractivity contribution in [3.8, 4) is 0 Å². The second kappa shape index (κ2) is 10.3. The van der Waals surface area contributed by atoms with Crippen LogP contribution in [0.4, 0.5) is 10.8 Å². The number of carbonyl (C=O) groups is 2. The molecule has 3 aromatic carbocycles. The second-order valence-corrected chi connectivity index (χ2v) is 9.44. The highest BCUT2D eigenvalue weighted by Crippen LogP contribution is 2.29. The highest BCUT2D eigenvalue weighted by atomic mass is 32.2.